The first-order valence-electron chi connectivity index (χ1n) is 6.81. The molecule has 0 atom stereocenters. The summed E-state index contributed by atoms with van der Waals surface area (Å²) in [4.78, 5) is 25.3. The van der Waals surface area contributed by atoms with Crippen molar-refractivity contribution in [3.63, 3.8) is 0 Å². The largest absolute Gasteiger partial charge is 0.467 e. The summed E-state index contributed by atoms with van der Waals surface area (Å²) in [5, 5.41) is 3.27. The Bertz CT molecular complexity index is 668. The second kappa shape index (κ2) is 7.13. The first kappa shape index (κ1) is 16.1. The van der Waals surface area contributed by atoms with Gasteiger partial charge in [0.15, 0.2) is 0 Å². The van der Waals surface area contributed by atoms with Gasteiger partial charge in [0.05, 0.1) is 12.8 Å². The maximum Gasteiger partial charge on any atom is 0.240 e. The quantitative estimate of drug-likeness (QED) is 0.921. The van der Waals surface area contributed by atoms with Crippen LogP contribution in [0, 0.1) is 6.92 Å². The van der Waals surface area contributed by atoms with E-state index in [1.54, 1.807) is 36.6 Å². The highest BCUT2D eigenvalue weighted by atomic mass is 35.5. The smallest absolute Gasteiger partial charge is 0.240 e. The fourth-order valence-corrected chi connectivity index (χ4v) is 2.22. The third-order valence-electron chi connectivity index (χ3n) is 3.25. The van der Waals surface area contributed by atoms with Gasteiger partial charge in [-0.15, -0.1) is 0 Å². The zero-order chi connectivity index (χ0) is 16.1. The fraction of sp³-hybridized carbons (Fsp3) is 0.250. The molecule has 5 nitrogen and oxygen atoms in total. The lowest BCUT2D eigenvalue weighted by Crippen LogP contribution is -2.39. The third-order valence-corrected chi connectivity index (χ3v) is 3.66. The van der Waals surface area contributed by atoms with Crippen LogP contribution in [-0.2, 0) is 16.1 Å². The number of nitrogens with zero attached hydrogens (tertiary/aromatic N) is 1. The van der Waals surface area contributed by atoms with E-state index in [9.17, 15) is 9.59 Å². The van der Waals surface area contributed by atoms with Crippen LogP contribution in [0.5, 0.6) is 0 Å². The number of furan rings is 1. The van der Waals surface area contributed by atoms with E-state index in [2.05, 4.69) is 5.32 Å². The summed E-state index contributed by atoms with van der Waals surface area (Å²) in [5.41, 5.74) is 1.39. The van der Waals surface area contributed by atoms with Gasteiger partial charge in [0.1, 0.15) is 12.3 Å². The molecular formula is C16H17ClN2O3. The fourth-order valence-electron chi connectivity index (χ4n) is 2.05. The molecule has 1 N–H and O–H groups in total. The molecule has 1 aromatic heterocycles. The van der Waals surface area contributed by atoms with Gasteiger partial charge in [0.25, 0.3) is 0 Å². The molecule has 2 rings (SSSR count). The van der Waals surface area contributed by atoms with Crippen molar-refractivity contribution in [1.82, 2.24) is 5.32 Å². The Morgan fingerprint density at radius 2 is 2.05 bits per heavy atom. The lowest BCUT2D eigenvalue weighted by molar-refractivity contribution is -0.123. The van der Waals surface area contributed by atoms with Gasteiger partial charge in [-0.2, -0.15) is 0 Å². The van der Waals surface area contributed by atoms with Crippen LogP contribution in [0.15, 0.2) is 41.0 Å². The number of amides is 2. The molecule has 0 radical (unpaired) electrons. The molecule has 0 aliphatic carbocycles. The highest BCUT2D eigenvalue weighted by molar-refractivity contribution is 6.31. The number of halogens is 1. The first-order valence-corrected chi connectivity index (χ1v) is 7.19. The average Bonchev–Trinajstić information content (AvgIpc) is 2.99. The van der Waals surface area contributed by atoms with Gasteiger partial charge in [-0.3, -0.25) is 9.59 Å². The van der Waals surface area contributed by atoms with Crippen LogP contribution >= 0.6 is 11.6 Å². The first-order chi connectivity index (χ1) is 10.5. The summed E-state index contributed by atoms with van der Waals surface area (Å²) >= 11 is 6.08. The van der Waals surface area contributed by atoms with Gasteiger partial charge in [0.2, 0.25) is 11.8 Å². The zero-order valence-corrected chi connectivity index (χ0v) is 13.2. The van der Waals surface area contributed by atoms with Gasteiger partial charge in [-0.05, 0) is 36.8 Å². The van der Waals surface area contributed by atoms with E-state index >= 15 is 0 Å². The summed E-state index contributed by atoms with van der Waals surface area (Å²) in [6, 6.07) is 8.78. The number of hydrogen-bond donors (Lipinski definition) is 1. The molecule has 22 heavy (non-hydrogen) atoms. The van der Waals surface area contributed by atoms with Gasteiger partial charge >= 0.3 is 0 Å². The number of carbonyl (C=O) groups is 2. The van der Waals surface area contributed by atoms with E-state index < -0.39 is 0 Å². The monoisotopic (exact) mass is 320 g/mol. The Balaban J connectivity index is 2.07. The van der Waals surface area contributed by atoms with Crippen molar-refractivity contribution >= 4 is 29.1 Å². The van der Waals surface area contributed by atoms with Crippen molar-refractivity contribution in [3.8, 4) is 0 Å². The summed E-state index contributed by atoms with van der Waals surface area (Å²) in [5.74, 6) is 0.158. The molecular weight excluding hydrogens is 304 g/mol. The van der Waals surface area contributed by atoms with Crippen LogP contribution in [-0.4, -0.2) is 18.4 Å². The van der Waals surface area contributed by atoms with Gasteiger partial charge in [-0.25, -0.2) is 0 Å². The average molecular weight is 321 g/mol. The topological polar surface area (TPSA) is 62.6 Å². The number of anilines is 1. The maximum atomic E-state index is 12.0. The second-order valence-electron chi connectivity index (χ2n) is 4.85. The highest BCUT2D eigenvalue weighted by Gasteiger charge is 2.18. The normalized spacial score (nSPS) is 10.3. The Kier molecular flexibility index (Phi) is 5.22. The number of benzene rings is 1. The van der Waals surface area contributed by atoms with E-state index in [-0.39, 0.29) is 24.9 Å². The van der Waals surface area contributed by atoms with Crippen molar-refractivity contribution in [2.24, 2.45) is 0 Å². The van der Waals surface area contributed by atoms with Gasteiger partial charge < -0.3 is 14.6 Å². The minimum absolute atomic E-state index is 0.0722. The minimum Gasteiger partial charge on any atom is -0.467 e. The second-order valence-corrected chi connectivity index (χ2v) is 5.25. The molecule has 6 heteroatoms. The van der Waals surface area contributed by atoms with Crippen LogP contribution in [0.25, 0.3) is 0 Å². The predicted molar refractivity (Wildman–Crippen MR) is 84.8 cm³/mol. The zero-order valence-electron chi connectivity index (χ0n) is 12.4. The molecule has 2 amide bonds. The lowest BCUT2D eigenvalue weighted by atomic mass is 10.1. The number of carbonyl (C=O) groups excluding carboxylic acids is 2. The molecule has 2 aromatic rings. The van der Waals surface area contributed by atoms with Crippen molar-refractivity contribution in [3.05, 3.63) is 52.9 Å². The molecule has 0 aliphatic heterocycles. The van der Waals surface area contributed by atoms with Crippen LogP contribution < -0.4 is 10.2 Å². The molecule has 1 aromatic carbocycles. The SMILES string of the molecule is CC(=O)N(CC(=O)NCc1ccco1)c1cccc(Cl)c1C. The highest BCUT2D eigenvalue weighted by Crippen LogP contribution is 2.26. The number of hydrogen-bond acceptors (Lipinski definition) is 3. The van der Waals surface area contributed by atoms with Crippen molar-refractivity contribution < 1.29 is 14.0 Å². The summed E-state index contributed by atoms with van der Waals surface area (Å²) in [6.45, 7) is 3.44. The summed E-state index contributed by atoms with van der Waals surface area (Å²) in [6.07, 6.45) is 1.54. The number of nitrogens with one attached hydrogen (secondary N) is 1. The maximum absolute atomic E-state index is 12.0. The van der Waals surface area contributed by atoms with E-state index in [1.807, 2.05) is 6.92 Å². The summed E-state index contributed by atoms with van der Waals surface area (Å²) < 4.78 is 5.14. The third kappa shape index (κ3) is 3.89. The van der Waals surface area contributed by atoms with Crippen LogP contribution in [0.3, 0.4) is 0 Å². The summed E-state index contributed by atoms with van der Waals surface area (Å²) in [7, 11) is 0. The van der Waals surface area contributed by atoms with E-state index in [0.717, 1.165) is 5.56 Å². The van der Waals surface area contributed by atoms with Crippen molar-refractivity contribution in [2.45, 2.75) is 20.4 Å². The number of rotatable bonds is 5. The Morgan fingerprint density at radius 1 is 1.27 bits per heavy atom. The molecule has 0 aliphatic rings. The van der Waals surface area contributed by atoms with E-state index in [0.29, 0.717) is 16.5 Å². The van der Waals surface area contributed by atoms with E-state index in [1.165, 1.54) is 11.8 Å². The molecule has 0 spiro atoms. The van der Waals surface area contributed by atoms with Crippen molar-refractivity contribution in [1.29, 1.82) is 0 Å². The standard InChI is InChI=1S/C16H17ClN2O3/c1-11-14(17)6-3-7-15(11)19(12(2)20)10-16(21)18-9-13-5-4-8-22-13/h3-8H,9-10H2,1-2H3,(H,18,21). The molecule has 0 bridgehead atoms. The molecule has 1 heterocycles. The van der Waals surface area contributed by atoms with Crippen LogP contribution in [0.1, 0.15) is 18.2 Å². The lowest BCUT2D eigenvalue weighted by Gasteiger charge is -2.23. The Hall–Kier alpha value is -2.27. The van der Waals surface area contributed by atoms with Gasteiger partial charge in [0, 0.05) is 17.6 Å². The molecule has 0 unspecified atom stereocenters. The van der Waals surface area contributed by atoms with Gasteiger partial charge in [-0.1, -0.05) is 17.7 Å². The van der Waals surface area contributed by atoms with Crippen LogP contribution in [0.4, 0.5) is 5.69 Å². The Labute approximate surface area is 133 Å². The predicted octanol–water partition coefficient (Wildman–Crippen LogP) is 2.91. The van der Waals surface area contributed by atoms with Crippen molar-refractivity contribution in [2.75, 3.05) is 11.4 Å². The Morgan fingerprint density at radius 3 is 2.68 bits per heavy atom. The minimum atomic E-state index is -0.272. The van der Waals surface area contributed by atoms with Crippen LogP contribution in [0.2, 0.25) is 5.02 Å². The van der Waals surface area contributed by atoms with E-state index in [4.69, 9.17) is 16.0 Å². The molecule has 0 saturated carbocycles. The molecule has 0 saturated heterocycles. The molecule has 116 valence electrons. The molecule has 0 fully saturated rings.